The Balaban J connectivity index is 3.49. The van der Waals surface area contributed by atoms with Crippen LogP contribution in [-0.2, 0) is 4.74 Å². The second-order valence-electron chi connectivity index (χ2n) is 3.17. The summed E-state index contributed by atoms with van der Waals surface area (Å²) in [6.07, 6.45) is 1.09. The Labute approximate surface area is 80.8 Å². The van der Waals surface area contributed by atoms with Gasteiger partial charge in [0.05, 0.1) is 0 Å². The molecule has 0 fully saturated rings. The van der Waals surface area contributed by atoms with Gasteiger partial charge in [-0.1, -0.05) is 0 Å². The smallest absolute Gasteiger partial charge is 0.0474 e. The second-order valence-corrected chi connectivity index (χ2v) is 3.54. The van der Waals surface area contributed by atoms with Crippen LogP contribution in [0.1, 0.15) is 20.3 Å². The molecular formula is C9H20ClNO. The van der Waals surface area contributed by atoms with Crippen LogP contribution in [0.3, 0.4) is 0 Å². The molecular weight excluding hydrogens is 174 g/mol. The normalized spacial score (nSPS) is 11.5. The van der Waals surface area contributed by atoms with Gasteiger partial charge in [-0.15, -0.1) is 11.6 Å². The molecule has 0 saturated carbocycles. The summed E-state index contributed by atoms with van der Waals surface area (Å²) in [7, 11) is 1.74. The van der Waals surface area contributed by atoms with Gasteiger partial charge in [0.2, 0.25) is 0 Å². The lowest BCUT2D eigenvalue weighted by Gasteiger charge is -2.25. The summed E-state index contributed by atoms with van der Waals surface area (Å²) in [6.45, 7) is 7.28. The van der Waals surface area contributed by atoms with Crippen LogP contribution in [0.15, 0.2) is 0 Å². The molecule has 0 aliphatic carbocycles. The van der Waals surface area contributed by atoms with Crippen molar-refractivity contribution < 1.29 is 4.74 Å². The fourth-order valence-corrected chi connectivity index (χ4v) is 1.37. The lowest BCUT2D eigenvalue weighted by Crippen LogP contribution is -2.33. The van der Waals surface area contributed by atoms with Gasteiger partial charge in [0.1, 0.15) is 0 Å². The van der Waals surface area contributed by atoms with Crippen LogP contribution in [0.25, 0.3) is 0 Å². The van der Waals surface area contributed by atoms with Crippen LogP contribution < -0.4 is 0 Å². The highest BCUT2D eigenvalue weighted by Crippen LogP contribution is 2.00. The Morgan fingerprint density at radius 3 is 2.42 bits per heavy atom. The predicted octanol–water partition coefficient (Wildman–Crippen LogP) is 1.97. The van der Waals surface area contributed by atoms with Crippen molar-refractivity contribution in [2.75, 3.05) is 32.7 Å². The number of alkyl halides is 1. The highest BCUT2D eigenvalue weighted by molar-refractivity contribution is 6.18. The van der Waals surface area contributed by atoms with Gasteiger partial charge in [-0.2, -0.15) is 0 Å². The zero-order chi connectivity index (χ0) is 9.40. The molecule has 0 N–H and O–H groups in total. The largest absolute Gasteiger partial charge is 0.385 e. The Bertz CT molecular complexity index is 98.5. The topological polar surface area (TPSA) is 12.5 Å². The third kappa shape index (κ3) is 5.81. The maximum Gasteiger partial charge on any atom is 0.0474 e. The molecule has 74 valence electrons. The van der Waals surface area contributed by atoms with E-state index in [2.05, 4.69) is 18.7 Å². The first-order valence-corrected chi connectivity index (χ1v) is 5.04. The fraction of sp³-hybridized carbons (Fsp3) is 1.00. The van der Waals surface area contributed by atoms with Crippen LogP contribution in [0.5, 0.6) is 0 Å². The van der Waals surface area contributed by atoms with E-state index in [0.717, 1.165) is 26.1 Å². The average Bonchev–Trinajstić information content (AvgIpc) is 2.03. The molecule has 0 bridgehead atoms. The molecule has 3 heteroatoms. The van der Waals surface area contributed by atoms with E-state index in [-0.39, 0.29) is 0 Å². The number of hydrogen-bond acceptors (Lipinski definition) is 2. The highest BCUT2D eigenvalue weighted by Gasteiger charge is 2.06. The summed E-state index contributed by atoms with van der Waals surface area (Å²) in [5, 5.41) is 0. The number of nitrogens with zero attached hydrogens (tertiary/aromatic N) is 1. The maximum absolute atomic E-state index is 5.68. The predicted molar refractivity (Wildman–Crippen MR) is 53.9 cm³/mol. The molecule has 0 amide bonds. The summed E-state index contributed by atoms with van der Waals surface area (Å²) in [4.78, 5) is 2.37. The molecule has 0 heterocycles. The number of halogens is 1. The molecule has 0 aliphatic rings. The lowest BCUT2D eigenvalue weighted by molar-refractivity contribution is 0.162. The number of ether oxygens (including phenoxy) is 1. The van der Waals surface area contributed by atoms with Crippen molar-refractivity contribution in [1.29, 1.82) is 0 Å². The van der Waals surface area contributed by atoms with Gasteiger partial charge in [0.25, 0.3) is 0 Å². The second kappa shape index (κ2) is 7.84. The van der Waals surface area contributed by atoms with Gasteiger partial charge in [0.15, 0.2) is 0 Å². The SMILES string of the molecule is COCCCN(CCCl)C(C)C. The van der Waals surface area contributed by atoms with E-state index in [4.69, 9.17) is 16.3 Å². The highest BCUT2D eigenvalue weighted by atomic mass is 35.5. The van der Waals surface area contributed by atoms with Gasteiger partial charge >= 0.3 is 0 Å². The van der Waals surface area contributed by atoms with Gasteiger partial charge in [0, 0.05) is 38.7 Å². The van der Waals surface area contributed by atoms with Crippen molar-refractivity contribution in [3.8, 4) is 0 Å². The summed E-state index contributed by atoms with van der Waals surface area (Å²) < 4.78 is 4.99. The Kier molecular flexibility index (Phi) is 7.98. The first kappa shape index (κ1) is 12.2. The van der Waals surface area contributed by atoms with E-state index in [0.29, 0.717) is 11.9 Å². The van der Waals surface area contributed by atoms with Gasteiger partial charge in [-0.25, -0.2) is 0 Å². The van der Waals surface area contributed by atoms with E-state index < -0.39 is 0 Å². The maximum atomic E-state index is 5.68. The number of hydrogen-bond donors (Lipinski definition) is 0. The van der Waals surface area contributed by atoms with Crippen molar-refractivity contribution in [3.05, 3.63) is 0 Å². The van der Waals surface area contributed by atoms with Crippen LogP contribution in [-0.4, -0.2) is 43.6 Å². The van der Waals surface area contributed by atoms with E-state index >= 15 is 0 Å². The molecule has 0 unspecified atom stereocenters. The average molecular weight is 194 g/mol. The third-order valence-electron chi connectivity index (χ3n) is 1.90. The minimum atomic E-state index is 0.584. The first-order valence-electron chi connectivity index (χ1n) is 4.51. The summed E-state index contributed by atoms with van der Waals surface area (Å²) in [5.74, 6) is 0.713. The molecule has 0 radical (unpaired) electrons. The first-order chi connectivity index (χ1) is 5.72. The number of methoxy groups -OCH3 is 1. The molecule has 0 spiro atoms. The summed E-state index contributed by atoms with van der Waals surface area (Å²) in [5.41, 5.74) is 0. The van der Waals surface area contributed by atoms with Crippen molar-refractivity contribution in [3.63, 3.8) is 0 Å². The van der Waals surface area contributed by atoms with E-state index in [1.54, 1.807) is 7.11 Å². The molecule has 0 aromatic carbocycles. The van der Waals surface area contributed by atoms with E-state index in [1.165, 1.54) is 0 Å². The van der Waals surface area contributed by atoms with Gasteiger partial charge in [-0.05, 0) is 20.3 Å². The Hall–Kier alpha value is 0.210. The summed E-state index contributed by atoms with van der Waals surface area (Å²) in [6, 6.07) is 0.584. The quantitative estimate of drug-likeness (QED) is 0.453. The summed E-state index contributed by atoms with van der Waals surface area (Å²) >= 11 is 5.68. The van der Waals surface area contributed by atoms with E-state index in [1.807, 2.05) is 0 Å². The van der Waals surface area contributed by atoms with Gasteiger partial charge in [-0.3, -0.25) is 4.90 Å². The van der Waals surface area contributed by atoms with Crippen molar-refractivity contribution >= 4 is 11.6 Å². The molecule has 0 aliphatic heterocycles. The Morgan fingerprint density at radius 2 is 2.00 bits per heavy atom. The van der Waals surface area contributed by atoms with E-state index in [9.17, 15) is 0 Å². The molecule has 2 nitrogen and oxygen atoms in total. The van der Waals surface area contributed by atoms with Crippen LogP contribution in [0, 0.1) is 0 Å². The number of rotatable bonds is 7. The van der Waals surface area contributed by atoms with Crippen molar-refractivity contribution in [1.82, 2.24) is 4.90 Å². The Morgan fingerprint density at radius 1 is 1.33 bits per heavy atom. The zero-order valence-corrected chi connectivity index (χ0v) is 9.10. The van der Waals surface area contributed by atoms with Gasteiger partial charge < -0.3 is 4.74 Å². The molecule has 0 saturated heterocycles. The minimum Gasteiger partial charge on any atom is -0.385 e. The minimum absolute atomic E-state index is 0.584. The molecule has 0 atom stereocenters. The van der Waals surface area contributed by atoms with Crippen LogP contribution >= 0.6 is 11.6 Å². The monoisotopic (exact) mass is 193 g/mol. The zero-order valence-electron chi connectivity index (χ0n) is 8.35. The fourth-order valence-electron chi connectivity index (χ4n) is 1.15. The molecule has 0 aromatic heterocycles. The van der Waals surface area contributed by atoms with Crippen LogP contribution in [0.4, 0.5) is 0 Å². The van der Waals surface area contributed by atoms with Crippen LogP contribution in [0.2, 0.25) is 0 Å². The van der Waals surface area contributed by atoms with Crippen molar-refractivity contribution in [2.45, 2.75) is 26.3 Å². The molecule has 0 rings (SSSR count). The molecule has 12 heavy (non-hydrogen) atoms. The lowest BCUT2D eigenvalue weighted by atomic mass is 10.3. The van der Waals surface area contributed by atoms with Crippen molar-refractivity contribution in [2.24, 2.45) is 0 Å². The standard InChI is InChI=1S/C9H20ClNO/c1-9(2)11(7-5-10)6-4-8-12-3/h9H,4-8H2,1-3H3. The third-order valence-corrected chi connectivity index (χ3v) is 2.06. The molecule has 0 aromatic rings.